The van der Waals surface area contributed by atoms with Crippen LogP contribution in [0.1, 0.15) is 24.8 Å². The van der Waals surface area contributed by atoms with E-state index in [4.69, 9.17) is 0 Å². The number of hydrogen-bond acceptors (Lipinski definition) is 1. The summed E-state index contributed by atoms with van der Waals surface area (Å²) in [5, 5.41) is 3.39. The van der Waals surface area contributed by atoms with E-state index < -0.39 is 0 Å². The van der Waals surface area contributed by atoms with Crippen LogP contribution in [0.25, 0.3) is 0 Å². The van der Waals surface area contributed by atoms with E-state index in [9.17, 15) is 0 Å². The molecule has 0 aliphatic carbocycles. The fourth-order valence-corrected chi connectivity index (χ4v) is 1.67. The molecule has 0 aromatic heterocycles. The maximum atomic E-state index is 3.39. The highest BCUT2D eigenvalue weighted by molar-refractivity contribution is 5.85. The Morgan fingerprint density at radius 1 is 1.33 bits per heavy atom. The van der Waals surface area contributed by atoms with Gasteiger partial charge in [-0.25, -0.2) is 0 Å². The molecule has 1 N–H and O–H groups in total. The van der Waals surface area contributed by atoms with Crippen molar-refractivity contribution < 1.29 is 0 Å². The lowest BCUT2D eigenvalue weighted by Crippen LogP contribution is -2.14. The first-order chi connectivity index (χ1) is 5.38. The summed E-state index contributed by atoms with van der Waals surface area (Å²) >= 11 is 0. The standard InChI is InChI=1S/C10H13N.ClH/c1-8-6-7-11-10-5-3-2-4-9(8)10;/h2-5,8,11H,6-7H2,1H3;1H/t8-;/m1./s1. The molecule has 1 atom stereocenters. The average Bonchev–Trinajstić information content (AvgIpc) is 2.06. The third kappa shape index (κ3) is 1.56. The fourth-order valence-electron chi connectivity index (χ4n) is 1.67. The van der Waals surface area contributed by atoms with Crippen LogP contribution in [-0.4, -0.2) is 6.54 Å². The Hall–Kier alpha value is -0.690. The number of halogens is 1. The van der Waals surface area contributed by atoms with Crippen LogP contribution in [0.15, 0.2) is 24.3 Å². The van der Waals surface area contributed by atoms with Gasteiger partial charge < -0.3 is 5.32 Å². The molecule has 1 heterocycles. The van der Waals surface area contributed by atoms with E-state index in [1.807, 2.05) is 0 Å². The number of nitrogens with one attached hydrogen (secondary N) is 1. The molecule has 1 aromatic carbocycles. The Morgan fingerprint density at radius 2 is 2.08 bits per heavy atom. The summed E-state index contributed by atoms with van der Waals surface area (Å²) in [4.78, 5) is 0. The van der Waals surface area contributed by atoms with Crippen LogP contribution in [0, 0.1) is 0 Å². The molecule has 0 spiro atoms. The van der Waals surface area contributed by atoms with Crippen LogP contribution >= 0.6 is 12.4 Å². The molecule has 0 saturated carbocycles. The van der Waals surface area contributed by atoms with E-state index >= 15 is 0 Å². The molecule has 12 heavy (non-hydrogen) atoms. The highest BCUT2D eigenvalue weighted by Crippen LogP contribution is 2.30. The molecule has 0 saturated heterocycles. The summed E-state index contributed by atoms with van der Waals surface area (Å²) < 4.78 is 0. The summed E-state index contributed by atoms with van der Waals surface area (Å²) in [6.07, 6.45) is 1.26. The monoisotopic (exact) mass is 183 g/mol. The minimum absolute atomic E-state index is 0. The molecule has 2 heteroatoms. The van der Waals surface area contributed by atoms with E-state index in [0.717, 1.165) is 12.5 Å². The quantitative estimate of drug-likeness (QED) is 0.652. The lowest BCUT2D eigenvalue weighted by atomic mass is 9.93. The predicted octanol–water partition coefficient (Wildman–Crippen LogP) is 3.03. The molecule has 1 aliphatic rings. The minimum atomic E-state index is 0. The number of benzene rings is 1. The Morgan fingerprint density at radius 3 is 2.83 bits per heavy atom. The van der Waals surface area contributed by atoms with Crippen molar-refractivity contribution in [1.82, 2.24) is 0 Å². The highest BCUT2D eigenvalue weighted by Gasteiger charge is 2.13. The van der Waals surface area contributed by atoms with Crippen LogP contribution in [0.5, 0.6) is 0 Å². The van der Waals surface area contributed by atoms with Gasteiger partial charge in [-0.1, -0.05) is 25.1 Å². The molecule has 1 aromatic rings. The Bertz CT molecular complexity index is 260. The second kappa shape index (κ2) is 3.81. The molecule has 0 fully saturated rings. The Labute approximate surface area is 79.6 Å². The first-order valence-electron chi connectivity index (χ1n) is 4.21. The summed E-state index contributed by atoms with van der Waals surface area (Å²) in [6, 6.07) is 8.57. The Kier molecular flexibility index (Phi) is 2.99. The number of anilines is 1. The van der Waals surface area contributed by atoms with Gasteiger partial charge in [-0.3, -0.25) is 0 Å². The van der Waals surface area contributed by atoms with Gasteiger partial charge in [0, 0.05) is 12.2 Å². The molecular weight excluding hydrogens is 170 g/mol. The van der Waals surface area contributed by atoms with Crippen LogP contribution in [0.3, 0.4) is 0 Å². The average molecular weight is 184 g/mol. The van der Waals surface area contributed by atoms with Crippen molar-refractivity contribution in [3.05, 3.63) is 29.8 Å². The smallest absolute Gasteiger partial charge is 0.0375 e. The largest absolute Gasteiger partial charge is 0.385 e. The fraction of sp³-hybridized carbons (Fsp3) is 0.400. The van der Waals surface area contributed by atoms with E-state index in [1.54, 1.807) is 0 Å². The van der Waals surface area contributed by atoms with Gasteiger partial charge in [0.25, 0.3) is 0 Å². The molecule has 2 rings (SSSR count). The zero-order valence-corrected chi connectivity index (χ0v) is 8.03. The van der Waals surface area contributed by atoms with Crippen molar-refractivity contribution in [3.63, 3.8) is 0 Å². The molecule has 66 valence electrons. The lowest BCUT2D eigenvalue weighted by molar-refractivity contribution is 0.684. The van der Waals surface area contributed by atoms with Crippen LogP contribution < -0.4 is 5.32 Å². The summed E-state index contributed by atoms with van der Waals surface area (Å²) in [6.45, 7) is 3.41. The number of rotatable bonds is 0. The summed E-state index contributed by atoms with van der Waals surface area (Å²) in [7, 11) is 0. The lowest BCUT2D eigenvalue weighted by Gasteiger charge is -2.23. The summed E-state index contributed by atoms with van der Waals surface area (Å²) in [5.41, 5.74) is 2.80. The van der Waals surface area contributed by atoms with Crippen molar-refractivity contribution >= 4 is 18.1 Å². The highest BCUT2D eigenvalue weighted by atomic mass is 35.5. The Balaban J connectivity index is 0.000000720. The number of para-hydroxylation sites is 1. The number of fused-ring (bicyclic) bond motifs is 1. The van der Waals surface area contributed by atoms with E-state index in [0.29, 0.717) is 0 Å². The van der Waals surface area contributed by atoms with Gasteiger partial charge in [-0.2, -0.15) is 0 Å². The summed E-state index contributed by atoms with van der Waals surface area (Å²) in [5.74, 6) is 0.729. The normalized spacial score (nSPS) is 20.2. The third-order valence-electron chi connectivity index (χ3n) is 2.38. The van der Waals surface area contributed by atoms with E-state index in [1.165, 1.54) is 17.7 Å². The first kappa shape index (κ1) is 9.40. The second-order valence-electron chi connectivity index (χ2n) is 3.20. The molecule has 0 bridgehead atoms. The molecule has 0 unspecified atom stereocenters. The van der Waals surface area contributed by atoms with Crippen molar-refractivity contribution in [2.75, 3.05) is 11.9 Å². The predicted molar refractivity (Wildman–Crippen MR) is 55.2 cm³/mol. The van der Waals surface area contributed by atoms with Crippen molar-refractivity contribution in [2.24, 2.45) is 0 Å². The van der Waals surface area contributed by atoms with Gasteiger partial charge in [-0.15, -0.1) is 12.4 Å². The molecule has 0 amide bonds. The number of hydrogen-bond donors (Lipinski definition) is 1. The maximum absolute atomic E-state index is 3.39. The van der Waals surface area contributed by atoms with Gasteiger partial charge >= 0.3 is 0 Å². The van der Waals surface area contributed by atoms with Crippen LogP contribution in [0.2, 0.25) is 0 Å². The third-order valence-corrected chi connectivity index (χ3v) is 2.38. The van der Waals surface area contributed by atoms with Crippen molar-refractivity contribution in [3.8, 4) is 0 Å². The van der Waals surface area contributed by atoms with E-state index in [2.05, 4.69) is 36.5 Å². The van der Waals surface area contributed by atoms with Crippen LogP contribution in [0.4, 0.5) is 5.69 Å². The van der Waals surface area contributed by atoms with Gasteiger partial charge in [0.05, 0.1) is 0 Å². The first-order valence-corrected chi connectivity index (χ1v) is 4.21. The van der Waals surface area contributed by atoms with Crippen molar-refractivity contribution in [2.45, 2.75) is 19.3 Å². The van der Waals surface area contributed by atoms with Gasteiger partial charge in [0.15, 0.2) is 0 Å². The molecule has 1 nitrogen and oxygen atoms in total. The van der Waals surface area contributed by atoms with Gasteiger partial charge in [0.2, 0.25) is 0 Å². The maximum Gasteiger partial charge on any atom is 0.0375 e. The zero-order valence-electron chi connectivity index (χ0n) is 7.21. The van der Waals surface area contributed by atoms with Crippen LogP contribution in [-0.2, 0) is 0 Å². The SMILES string of the molecule is C[C@@H]1CCNc2ccccc21.Cl. The zero-order chi connectivity index (χ0) is 7.68. The van der Waals surface area contributed by atoms with Gasteiger partial charge in [0.1, 0.15) is 0 Å². The minimum Gasteiger partial charge on any atom is -0.385 e. The molecule has 1 aliphatic heterocycles. The molecular formula is C10H14ClN. The molecule has 0 radical (unpaired) electrons. The van der Waals surface area contributed by atoms with E-state index in [-0.39, 0.29) is 12.4 Å². The second-order valence-corrected chi connectivity index (χ2v) is 3.20. The van der Waals surface area contributed by atoms with Gasteiger partial charge in [-0.05, 0) is 24.0 Å². The topological polar surface area (TPSA) is 12.0 Å². The van der Waals surface area contributed by atoms with Crippen molar-refractivity contribution in [1.29, 1.82) is 0 Å².